The fourth-order valence-corrected chi connectivity index (χ4v) is 4.70. The van der Waals surface area contributed by atoms with E-state index in [2.05, 4.69) is 26.6 Å². The minimum atomic E-state index is -0.496. The van der Waals surface area contributed by atoms with Crippen LogP contribution in [-0.2, 0) is 4.79 Å². The number of ketones is 1. The molecule has 0 heterocycles. The molecule has 5 rings (SSSR count). The predicted octanol–water partition coefficient (Wildman–Crippen LogP) is 7.91. The van der Waals surface area contributed by atoms with Gasteiger partial charge in [-0.25, -0.2) is 0 Å². The molecular formula is C35H25BrN2O3. The molecule has 0 saturated carbocycles. The molecule has 0 spiro atoms. The number of allylic oxidation sites excluding steroid dienone is 1. The maximum atomic E-state index is 13.3. The first-order valence-electron chi connectivity index (χ1n) is 12.9. The van der Waals surface area contributed by atoms with Gasteiger partial charge < -0.3 is 10.6 Å². The summed E-state index contributed by atoms with van der Waals surface area (Å²) in [5.74, 6) is -1.05. The monoisotopic (exact) mass is 600 g/mol. The number of amides is 2. The number of hydrogen-bond donors (Lipinski definition) is 2. The quantitative estimate of drug-likeness (QED) is 0.140. The Balaban J connectivity index is 1.31. The van der Waals surface area contributed by atoms with E-state index < -0.39 is 11.8 Å². The molecule has 0 atom stereocenters. The minimum absolute atomic E-state index is 0.0788. The van der Waals surface area contributed by atoms with Crippen molar-refractivity contribution in [1.82, 2.24) is 5.32 Å². The van der Waals surface area contributed by atoms with E-state index in [-0.39, 0.29) is 11.5 Å². The highest BCUT2D eigenvalue weighted by Crippen LogP contribution is 2.20. The van der Waals surface area contributed by atoms with E-state index in [0.29, 0.717) is 16.8 Å². The normalized spacial score (nSPS) is 11.4. The van der Waals surface area contributed by atoms with E-state index in [4.69, 9.17) is 0 Å². The molecule has 0 aromatic heterocycles. The number of carbonyl (C=O) groups excluding carboxylic acids is 3. The van der Waals surface area contributed by atoms with E-state index in [0.717, 1.165) is 26.4 Å². The van der Waals surface area contributed by atoms with Crippen LogP contribution in [-0.4, -0.2) is 17.6 Å². The molecule has 0 fully saturated rings. The lowest BCUT2D eigenvalue weighted by atomic mass is 10.0. The SMILES string of the molecule is O=C(Nc1ccc(C(=O)/C=C/c2cccc3ccccc23)cc1)/C(=C/c1cccc(Br)c1)NC(=O)c1ccccc1. The van der Waals surface area contributed by atoms with E-state index in [9.17, 15) is 14.4 Å². The second-order valence-electron chi connectivity index (χ2n) is 9.23. The van der Waals surface area contributed by atoms with Crippen LogP contribution in [0.1, 0.15) is 31.8 Å². The van der Waals surface area contributed by atoms with Gasteiger partial charge in [0.25, 0.3) is 11.8 Å². The minimum Gasteiger partial charge on any atom is -0.321 e. The average Bonchev–Trinajstić information content (AvgIpc) is 3.00. The molecular weight excluding hydrogens is 576 g/mol. The molecule has 2 amide bonds. The summed E-state index contributed by atoms with van der Waals surface area (Å²) in [6.07, 6.45) is 4.97. The lowest BCUT2D eigenvalue weighted by Gasteiger charge is -2.12. The van der Waals surface area contributed by atoms with E-state index in [1.807, 2.05) is 78.9 Å². The van der Waals surface area contributed by atoms with E-state index in [1.165, 1.54) is 0 Å². The van der Waals surface area contributed by atoms with Gasteiger partial charge in [-0.15, -0.1) is 0 Å². The summed E-state index contributed by atoms with van der Waals surface area (Å²) < 4.78 is 0.843. The van der Waals surface area contributed by atoms with Gasteiger partial charge in [0.2, 0.25) is 0 Å². The van der Waals surface area contributed by atoms with Crippen LogP contribution in [0.25, 0.3) is 22.9 Å². The van der Waals surface area contributed by atoms with Crippen molar-refractivity contribution in [3.8, 4) is 0 Å². The highest BCUT2D eigenvalue weighted by molar-refractivity contribution is 9.10. The first-order chi connectivity index (χ1) is 20.0. The molecule has 0 aliphatic heterocycles. The van der Waals surface area contributed by atoms with Crippen LogP contribution in [0.4, 0.5) is 5.69 Å². The summed E-state index contributed by atoms with van der Waals surface area (Å²) in [5.41, 5.74) is 3.18. The van der Waals surface area contributed by atoms with Crippen molar-refractivity contribution in [2.75, 3.05) is 5.32 Å². The predicted molar refractivity (Wildman–Crippen MR) is 168 cm³/mol. The van der Waals surface area contributed by atoms with Gasteiger partial charge in [0, 0.05) is 21.3 Å². The summed E-state index contributed by atoms with van der Waals surface area (Å²) >= 11 is 3.43. The largest absolute Gasteiger partial charge is 0.321 e. The zero-order valence-corrected chi connectivity index (χ0v) is 23.5. The molecule has 200 valence electrons. The summed E-state index contributed by atoms with van der Waals surface area (Å²) in [7, 11) is 0. The highest BCUT2D eigenvalue weighted by atomic mass is 79.9. The maximum absolute atomic E-state index is 13.3. The number of halogens is 1. The fraction of sp³-hybridized carbons (Fsp3) is 0. The van der Waals surface area contributed by atoms with E-state index in [1.54, 1.807) is 60.7 Å². The number of fused-ring (bicyclic) bond motifs is 1. The van der Waals surface area contributed by atoms with Crippen LogP contribution in [0, 0.1) is 0 Å². The second kappa shape index (κ2) is 12.9. The van der Waals surface area contributed by atoms with Crippen molar-refractivity contribution in [2.45, 2.75) is 0 Å². The Kier molecular flexibility index (Phi) is 8.62. The molecule has 5 aromatic rings. The topological polar surface area (TPSA) is 75.3 Å². The lowest BCUT2D eigenvalue weighted by Crippen LogP contribution is -2.30. The Morgan fingerprint density at radius 1 is 0.683 bits per heavy atom. The smallest absolute Gasteiger partial charge is 0.272 e. The number of rotatable bonds is 8. The van der Waals surface area contributed by atoms with Crippen molar-refractivity contribution in [3.63, 3.8) is 0 Å². The third kappa shape index (κ3) is 7.12. The molecule has 0 aliphatic carbocycles. The van der Waals surface area contributed by atoms with Gasteiger partial charge in [0.05, 0.1) is 0 Å². The van der Waals surface area contributed by atoms with Crippen molar-refractivity contribution >= 4 is 62.1 Å². The number of anilines is 1. The summed E-state index contributed by atoms with van der Waals surface area (Å²) in [6.45, 7) is 0. The van der Waals surface area contributed by atoms with Crippen LogP contribution in [0.15, 0.2) is 138 Å². The number of hydrogen-bond acceptors (Lipinski definition) is 3. The molecule has 2 N–H and O–H groups in total. The molecule has 0 bridgehead atoms. The Labute approximate surface area is 246 Å². The summed E-state index contributed by atoms with van der Waals surface area (Å²) in [5, 5.41) is 7.72. The average molecular weight is 602 g/mol. The van der Waals surface area contributed by atoms with Gasteiger partial charge in [-0.2, -0.15) is 0 Å². The maximum Gasteiger partial charge on any atom is 0.272 e. The van der Waals surface area contributed by atoms with Gasteiger partial charge in [-0.3, -0.25) is 14.4 Å². The third-order valence-corrected chi connectivity index (χ3v) is 6.85. The summed E-state index contributed by atoms with van der Waals surface area (Å²) in [4.78, 5) is 39.0. The zero-order chi connectivity index (χ0) is 28.6. The van der Waals surface area contributed by atoms with Crippen LogP contribution >= 0.6 is 15.9 Å². The lowest BCUT2D eigenvalue weighted by molar-refractivity contribution is -0.113. The molecule has 0 saturated heterocycles. The van der Waals surface area contributed by atoms with Crippen LogP contribution in [0.5, 0.6) is 0 Å². The molecule has 0 unspecified atom stereocenters. The van der Waals surface area contributed by atoms with Gasteiger partial charge in [0.15, 0.2) is 5.78 Å². The van der Waals surface area contributed by atoms with Crippen molar-refractivity contribution in [3.05, 3.63) is 160 Å². The van der Waals surface area contributed by atoms with Crippen molar-refractivity contribution in [1.29, 1.82) is 0 Å². The molecule has 0 aliphatic rings. The molecule has 5 aromatic carbocycles. The van der Waals surface area contributed by atoms with E-state index >= 15 is 0 Å². The van der Waals surface area contributed by atoms with Crippen LogP contribution < -0.4 is 10.6 Å². The Morgan fingerprint density at radius 2 is 1.39 bits per heavy atom. The molecule has 6 heteroatoms. The Bertz CT molecular complexity index is 1790. The zero-order valence-electron chi connectivity index (χ0n) is 21.9. The van der Waals surface area contributed by atoms with Crippen molar-refractivity contribution < 1.29 is 14.4 Å². The van der Waals surface area contributed by atoms with Gasteiger partial charge in [0.1, 0.15) is 5.70 Å². The first-order valence-corrected chi connectivity index (χ1v) is 13.7. The Hall–Kier alpha value is -5.07. The van der Waals surface area contributed by atoms with Crippen LogP contribution in [0.3, 0.4) is 0 Å². The second-order valence-corrected chi connectivity index (χ2v) is 10.1. The van der Waals surface area contributed by atoms with Gasteiger partial charge >= 0.3 is 0 Å². The summed E-state index contributed by atoms with van der Waals surface area (Å²) in [6, 6.07) is 36.7. The number of benzene rings is 5. The molecule has 5 nitrogen and oxygen atoms in total. The first kappa shape index (κ1) is 27.5. The number of nitrogens with one attached hydrogen (secondary N) is 2. The highest BCUT2D eigenvalue weighted by Gasteiger charge is 2.15. The van der Waals surface area contributed by atoms with Gasteiger partial charge in [-0.05, 0) is 82.6 Å². The number of carbonyl (C=O) groups is 3. The van der Waals surface area contributed by atoms with Crippen molar-refractivity contribution in [2.24, 2.45) is 0 Å². The van der Waals surface area contributed by atoms with Gasteiger partial charge in [-0.1, -0.05) is 94.8 Å². The van der Waals surface area contributed by atoms with Crippen LogP contribution in [0.2, 0.25) is 0 Å². The standard InChI is InChI=1S/C35H25BrN2O3/c36-29-14-6-8-24(22-29)23-32(38-34(40)28-10-2-1-3-11-28)35(41)37-30-19-16-27(17-20-30)33(39)21-18-26-13-7-12-25-9-4-5-15-31(25)26/h1-23H,(H,37,41)(H,38,40)/b21-18+,32-23-. The molecule has 0 radical (unpaired) electrons. The fourth-order valence-electron chi connectivity index (χ4n) is 4.28. The Morgan fingerprint density at radius 3 is 2.17 bits per heavy atom. The third-order valence-electron chi connectivity index (χ3n) is 6.35. The molecule has 41 heavy (non-hydrogen) atoms.